The highest BCUT2D eigenvalue weighted by Gasteiger charge is 2.57. The van der Waals surface area contributed by atoms with Crippen LogP contribution in [0.4, 0.5) is 0 Å². The largest absolute Gasteiger partial charge is 0.301 e. The highest BCUT2D eigenvalue weighted by molar-refractivity contribution is 5.96. The van der Waals surface area contributed by atoms with Crippen LogP contribution < -0.4 is 5.32 Å². The minimum atomic E-state index is 0.513. The molecular weight excluding hydrogens is 208 g/mol. The maximum atomic E-state index is 5.06. The van der Waals surface area contributed by atoms with Crippen molar-refractivity contribution in [2.24, 2.45) is 22.2 Å². The van der Waals surface area contributed by atoms with Crippen molar-refractivity contribution < 1.29 is 0 Å². The molecule has 2 heteroatoms. The van der Waals surface area contributed by atoms with Crippen molar-refractivity contribution in [3.05, 3.63) is 11.8 Å². The summed E-state index contributed by atoms with van der Waals surface area (Å²) in [5, 5.41) is 3.86. The average molecular weight is 230 g/mol. The Kier molecular flexibility index (Phi) is 1.96. The monoisotopic (exact) mass is 230 g/mol. The molecule has 2 nitrogen and oxygen atoms in total. The average Bonchev–Trinajstić information content (AvgIpc) is 2.35. The van der Waals surface area contributed by atoms with Gasteiger partial charge in [-0.3, -0.25) is 4.99 Å². The lowest BCUT2D eigenvalue weighted by Gasteiger charge is -2.60. The first kappa shape index (κ1) is 10.3. The minimum Gasteiger partial charge on any atom is -0.301 e. The number of hydrogen-bond acceptors (Lipinski definition) is 2. The van der Waals surface area contributed by atoms with E-state index in [-0.39, 0.29) is 0 Å². The molecule has 2 bridgehead atoms. The van der Waals surface area contributed by atoms with Gasteiger partial charge in [0.1, 0.15) is 0 Å². The smallest absolute Gasteiger partial charge is 0.0533 e. The Morgan fingerprint density at radius 1 is 1.29 bits per heavy atom. The molecule has 1 heterocycles. The standard InChI is InChI=1S/C15H22N2/c1-15(2)9-7-10(15)14-13(8-9)16-11-5-3-4-6-12(11)17-14/h6,9-11,13,16H,3-5,7-8H2,1-2H3. The van der Waals surface area contributed by atoms with Crippen molar-refractivity contribution in [1.82, 2.24) is 5.32 Å². The molecule has 3 fully saturated rings. The third kappa shape index (κ3) is 1.28. The molecule has 0 spiro atoms. The van der Waals surface area contributed by atoms with E-state index >= 15 is 0 Å². The number of fused-ring (bicyclic) bond motifs is 1. The summed E-state index contributed by atoms with van der Waals surface area (Å²) >= 11 is 0. The lowest BCUT2D eigenvalue weighted by atomic mass is 9.47. The highest BCUT2D eigenvalue weighted by atomic mass is 15.1. The summed E-state index contributed by atoms with van der Waals surface area (Å²) in [6.07, 6.45) is 8.93. The van der Waals surface area contributed by atoms with Gasteiger partial charge in [0.05, 0.1) is 5.70 Å². The van der Waals surface area contributed by atoms with E-state index in [0.29, 0.717) is 17.5 Å². The molecule has 92 valence electrons. The SMILES string of the molecule is CC1(C)C2CC3NC4CCCC=C4N=C3C1C2. The summed E-state index contributed by atoms with van der Waals surface area (Å²) < 4.78 is 0. The maximum absolute atomic E-state index is 5.06. The van der Waals surface area contributed by atoms with Crippen LogP contribution in [0.5, 0.6) is 0 Å². The van der Waals surface area contributed by atoms with Crippen LogP contribution in [0, 0.1) is 17.3 Å². The zero-order chi connectivity index (χ0) is 11.6. The predicted molar refractivity (Wildman–Crippen MR) is 70.1 cm³/mol. The van der Waals surface area contributed by atoms with E-state index in [1.54, 1.807) is 0 Å². The molecule has 5 rings (SSSR count). The summed E-state index contributed by atoms with van der Waals surface area (Å²) in [7, 11) is 0. The molecule has 0 aromatic heterocycles. The van der Waals surface area contributed by atoms with E-state index in [9.17, 15) is 0 Å². The molecule has 17 heavy (non-hydrogen) atoms. The van der Waals surface area contributed by atoms with Gasteiger partial charge < -0.3 is 5.32 Å². The van der Waals surface area contributed by atoms with Gasteiger partial charge in [0.15, 0.2) is 0 Å². The quantitative estimate of drug-likeness (QED) is 0.680. The maximum Gasteiger partial charge on any atom is 0.0533 e. The fraction of sp³-hybridized carbons (Fsp3) is 0.800. The van der Waals surface area contributed by atoms with Gasteiger partial charge in [0, 0.05) is 23.7 Å². The fourth-order valence-corrected chi connectivity index (χ4v) is 4.42. The van der Waals surface area contributed by atoms with Crippen molar-refractivity contribution in [2.45, 2.75) is 58.0 Å². The summed E-state index contributed by atoms with van der Waals surface area (Å²) in [4.78, 5) is 5.06. The first-order valence-electron chi connectivity index (χ1n) is 7.21. The molecule has 0 aromatic rings. The van der Waals surface area contributed by atoms with Gasteiger partial charge in [-0.1, -0.05) is 19.9 Å². The normalized spacial score (nSPS) is 46.0. The van der Waals surface area contributed by atoms with E-state index in [1.165, 1.54) is 43.5 Å². The lowest BCUT2D eigenvalue weighted by Crippen LogP contribution is -2.64. The van der Waals surface area contributed by atoms with Crippen LogP contribution in [0.1, 0.15) is 46.0 Å². The van der Waals surface area contributed by atoms with Gasteiger partial charge >= 0.3 is 0 Å². The first-order chi connectivity index (χ1) is 8.16. The van der Waals surface area contributed by atoms with Gasteiger partial charge in [-0.25, -0.2) is 0 Å². The van der Waals surface area contributed by atoms with E-state index in [4.69, 9.17) is 4.99 Å². The van der Waals surface area contributed by atoms with Crippen molar-refractivity contribution >= 4 is 5.71 Å². The molecule has 1 aliphatic heterocycles. The third-order valence-electron chi connectivity index (χ3n) is 5.77. The number of rotatable bonds is 0. The Morgan fingerprint density at radius 2 is 2.18 bits per heavy atom. The summed E-state index contributed by atoms with van der Waals surface area (Å²) in [5.41, 5.74) is 3.35. The second kappa shape index (κ2) is 3.23. The Labute approximate surface area is 104 Å². The van der Waals surface area contributed by atoms with Crippen LogP contribution in [0.2, 0.25) is 0 Å². The van der Waals surface area contributed by atoms with Crippen LogP contribution in [0.15, 0.2) is 16.8 Å². The van der Waals surface area contributed by atoms with Crippen LogP contribution in [-0.4, -0.2) is 17.8 Å². The van der Waals surface area contributed by atoms with E-state index in [0.717, 1.165) is 11.8 Å². The number of nitrogens with one attached hydrogen (secondary N) is 1. The molecular formula is C15H22N2. The number of nitrogens with zero attached hydrogens (tertiary/aromatic N) is 1. The Hall–Kier alpha value is -0.630. The molecule has 4 atom stereocenters. The molecule has 3 saturated carbocycles. The first-order valence-corrected chi connectivity index (χ1v) is 7.21. The van der Waals surface area contributed by atoms with Crippen LogP contribution in [0.25, 0.3) is 0 Å². The van der Waals surface area contributed by atoms with E-state index < -0.39 is 0 Å². The van der Waals surface area contributed by atoms with Gasteiger partial charge in [-0.15, -0.1) is 0 Å². The lowest BCUT2D eigenvalue weighted by molar-refractivity contribution is -0.00965. The van der Waals surface area contributed by atoms with Crippen molar-refractivity contribution in [1.29, 1.82) is 0 Å². The predicted octanol–water partition coefficient (Wildman–Crippen LogP) is 2.90. The summed E-state index contributed by atoms with van der Waals surface area (Å²) in [6, 6.07) is 1.17. The van der Waals surface area contributed by atoms with Crippen molar-refractivity contribution in [2.75, 3.05) is 0 Å². The minimum absolute atomic E-state index is 0.513. The molecule has 0 saturated heterocycles. The number of aliphatic imine (C=N–C) groups is 1. The van der Waals surface area contributed by atoms with Gasteiger partial charge in [0.2, 0.25) is 0 Å². The zero-order valence-electron chi connectivity index (χ0n) is 10.9. The van der Waals surface area contributed by atoms with Gasteiger partial charge in [0.25, 0.3) is 0 Å². The molecule has 4 aliphatic carbocycles. The zero-order valence-corrected chi connectivity index (χ0v) is 10.9. The van der Waals surface area contributed by atoms with Crippen LogP contribution in [-0.2, 0) is 0 Å². The Morgan fingerprint density at radius 3 is 3.00 bits per heavy atom. The van der Waals surface area contributed by atoms with E-state index in [1.807, 2.05) is 0 Å². The van der Waals surface area contributed by atoms with Crippen molar-refractivity contribution in [3.8, 4) is 0 Å². The Bertz CT molecular complexity index is 419. The second-order valence-electron chi connectivity index (χ2n) is 6.91. The topological polar surface area (TPSA) is 24.4 Å². The fourth-order valence-electron chi connectivity index (χ4n) is 4.42. The van der Waals surface area contributed by atoms with Crippen molar-refractivity contribution in [3.63, 3.8) is 0 Å². The molecule has 0 amide bonds. The highest BCUT2D eigenvalue weighted by Crippen LogP contribution is 2.58. The summed E-state index contributed by atoms with van der Waals surface area (Å²) in [5.74, 6) is 1.68. The molecule has 0 radical (unpaired) electrons. The molecule has 0 aromatic carbocycles. The van der Waals surface area contributed by atoms with Crippen LogP contribution >= 0.6 is 0 Å². The summed E-state index contributed by atoms with van der Waals surface area (Å²) in [6.45, 7) is 4.87. The number of allylic oxidation sites excluding steroid dienone is 1. The molecule has 4 unspecified atom stereocenters. The third-order valence-corrected chi connectivity index (χ3v) is 5.77. The van der Waals surface area contributed by atoms with Crippen LogP contribution in [0.3, 0.4) is 0 Å². The molecule has 5 aliphatic rings. The van der Waals surface area contributed by atoms with Gasteiger partial charge in [-0.2, -0.15) is 0 Å². The second-order valence-corrected chi connectivity index (χ2v) is 6.91. The Balaban J connectivity index is 1.72. The molecule has 1 N–H and O–H groups in total. The van der Waals surface area contributed by atoms with Gasteiger partial charge in [-0.05, 0) is 43.4 Å². The van der Waals surface area contributed by atoms with E-state index in [2.05, 4.69) is 25.2 Å². The number of hydrogen-bond donors (Lipinski definition) is 1.